The van der Waals surface area contributed by atoms with Crippen LogP contribution in [0.3, 0.4) is 0 Å². The van der Waals surface area contributed by atoms with Crippen molar-refractivity contribution < 1.29 is 26.4 Å². The lowest BCUT2D eigenvalue weighted by Gasteiger charge is -2.25. The lowest BCUT2D eigenvalue weighted by molar-refractivity contribution is -0.137. The van der Waals surface area contributed by atoms with Gasteiger partial charge in [0.1, 0.15) is 6.04 Å². The number of alkyl halides is 3. The van der Waals surface area contributed by atoms with Crippen LogP contribution in [0.4, 0.5) is 13.2 Å². The maximum absolute atomic E-state index is 12.9. The number of halogens is 3. The Kier molecular flexibility index (Phi) is 5.17. The molecular weight excluding hydrogens is 399 g/mol. The predicted octanol–water partition coefficient (Wildman–Crippen LogP) is 1.57. The molecule has 28 heavy (non-hydrogen) atoms. The van der Waals surface area contributed by atoms with E-state index in [1.54, 1.807) is 0 Å². The van der Waals surface area contributed by atoms with Crippen LogP contribution < -0.4 is 0 Å². The molecular formula is C16H18F3N5O3S. The van der Waals surface area contributed by atoms with Crippen molar-refractivity contribution in [2.24, 2.45) is 0 Å². The molecule has 8 nitrogen and oxygen atoms in total. The Hall–Kier alpha value is -2.50. The molecule has 2 atom stereocenters. The molecule has 1 aromatic carbocycles. The summed E-state index contributed by atoms with van der Waals surface area (Å²) in [5.74, 6) is -0.514. The highest BCUT2D eigenvalue weighted by atomic mass is 32.2. The molecule has 12 heteroatoms. The van der Waals surface area contributed by atoms with Crippen molar-refractivity contribution in [2.45, 2.75) is 31.6 Å². The fourth-order valence-electron chi connectivity index (χ4n) is 2.99. The van der Waals surface area contributed by atoms with E-state index in [4.69, 9.17) is 0 Å². The standard InChI is InChI=1S/C16H18F3N5O3S/c1-10(15(25)23(2)13-6-7-28(26,27)9-13)24-21-14(20-22-24)11-4-3-5-12(8-11)16(17,18)19/h3-5,8,10,13H,6-7,9H2,1-2H3. The van der Waals surface area contributed by atoms with E-state index in [1.807, 2.05) is 0 Å². The highest BCUT2D eigenvalue weighted by Gasteiger charge is 2.35. The molecule has 0 bridgehead atoms. The van der Waals surface area contributed by atoms with Crippen LogP contribution in [0.25, 0.3) is 11.4 Å². The zero-order valence-electron chi connectivity index (χ0n) is 15.1. The van der Waals surface area contributed by atoms with Crippen molar-refractivity contribution >= 4 is 15.7 Å². The van der Waals surface area contributed by atoms with Gasteiger partial charge in [-0.3, -0.25) is 4.79 Å². The summed E-state index contributed by atoms with van der Waals surface area (Å²) in [7, 11) is -1.64. The van der Waals surface area contributed by atoms with Crippen LogP contribution in [-0.4, -0.2) is 64.0 Å². The first-order chi connectivity index (χ1) is 13.0. The van der Waals surface area contributed by atoms with E-state index in [9.17, 15) is 26.4 Å². The first kappa shape index (κ1) is 20.2. The largest absolute Gasteiger partial charge is 0.416 e. The molecule has 0 N–H and O–H groups in total. The molecule has 0 saturated carbocycles. The van der Waals surface area contributed by atoms with Crippen molar-refractivity contribution in [2.75, 3.05) is 18.6 Å². The van der Waals surface area contributed by atoms with Crippen LogP contribution >= 0.6 is 0 Å². The highest BCUT2D eigenvalue weighted by Crippen LogP contribution is 2.31. The summed E-state index contributed by atoms with van der Waals surface area (Å²) in [5, 5.41) is 11.5. The van der Waals surface area contributed by atoms with Crippen LogP contribution in [0.5, 0.6) is 0 Å². The number of carbonyl (C=O) groups is 1. The summed E-state index contributed by atoms with van der Waals surface area (Å²) in [5.41, 5.74) is -0.719. The lowest BCUT2D eigenvalue weighted by atomic mass is 10.1. The molecule has 3 rings (SSSR count). The first-order valence-corrected chi connectivity index (χ1v) is 10.2. The van der Waals surface area contributed by atoms with E-state index in [2.05, 4.69) is 15.4 Å². The van der Waals surface area contributed by atoms with E-state index >= 15 is 0 Å². The van der Waals surface area contributed by atoms with E-state index in [1.165, 1.54) is 31.0 Å². The third-order valence-corrected chi connectivity index (χ3v) is 6.43. The second kappa shape index (κ2) is 7.15. The molecule has 1 aliphatic heterocycles. The van der Waals surface area contributed by atoms with Crippen molar-refractivity contribution in [1.29, 1.82) is 0 Å². The topological polar surface area (TPSA) is 98.1 Å². The summed E-state index contributed by atoms with van der Waals surface area (Å²) >= 11 is 0. The van der Waals surface area contributed by atoms with Crippen LogP contribution in [0.15, 0.2) is 24.3 Å². The number of amides is 1. The molecule has 1 fully saturated rings. The molecule has 1 saturated heterocycles. The average molecular weight is 417 g/mol. The number of benzene rings is 1. The molecule has 2 aromatic rings. The average Bonchev–Trinajstić information content (AvgIpc) is 3.26. The first-order valence-electron chi connectivity index (χ1n) is 8.42. The van der Waals surface area contributed by atoms with Crippen molar-refractivity contribution in [1.82, 2.24) is 25.1 Å². The number of sulfone groups is 1. The van der Waals surface area contributed by atoms with Crippen molar-refractivity contribution in [3.63, 3.8) is 0 Å². The number of nitrogens with zero attached hydrogens (tertiary/aromatic N) is 5. The fraction of sp³-hybridized carbons (Fsp3) is 0.500. The second-order valence-corrected chi connectivity index (χ2v) is 8.92. The molecule has 152 valence electrons. The van der Waals surface area contributed by atoms with Gasteiger partial charge in [0.05, 0.1) is 17.1 Å². The molecule has 1 aliphatic rings. The van der Waals surface area contributed by atoms with E-state index in [0.29, 0.717) is 6.42 Å². The molecule has 0 radical (unpaired) electrons. The number of hydrogen-bond acceptors (Lipinski definition) is 6. The smallest absolute Gasteiger partial charge is 0.340 e. The highest BCUT2D eigenvalue weighted by molar-refractivity contribution is 7.91. The van der Waals surface area contributed by atoms with Gasteiger partial charge in [0.25, 0.3) is 0 Å². The second-order valence-electron chi connectivity index (χ2n) is 6.69. The zero-order valence-corrected chi connectivity index (χ0v) is 15.9. The third-order valence-electron chi connectivity index (χ3n) is 4.68. The number of tetrazole rings is 1. The van der Waals surface area contributed by atoms with Gasteiger partial charge < -0.3 is 4.90 Å². The number of aromatic nitrogens is 4. The Bertz CT molecular complexity index is 989. The van der Waals surface area contributed by atoms with Crippen molar-refractivity contribution in [3.8, 4) is 11.4 Å². The molecule has 2 unspecified atom stereocenters. The van der Waals surface area contributed by atoms with Gasteiger partial charge in [-0.05, 0) is 30.7 Å². The summed E-state index contributed by atoms with van der Waals surface area (Å²) in [6, 6.07) is 3.18. The van der Waals surface area contributed by atoms with Crippen LogP contribution in [0, 0.1) is 0 Å². The van der Waals surface area contributed by atoms with Crippen LogP contribution in [0.2, 0.25) is 0 Å². The Morgan fingerprint density at radius 3 is 2.68 bits per heavy atom. The molecule has 2 heterocycles. The van der Waals surface area contributed by atoms with Gasteiger partial charge in [-0.1, -0.05) is 12.1 Å². The van der Waals surface area contributed by atoms with Gasteiger partial charge in [0.2, 0.25) is 11.7 Å². The number of likely N-dealkylation sites (N-methyl/N-ethyl adjacent to an activating group) is 1. The SMILES string of the molecule is CC(C(=O)N(C)C1CCS(=O)(=O)C1)n1nnc(-c2cccc(C(F)(F)F)c2)n1. The monoisotopic (exact) mass is 417 g/mol. The molecule has 0 spiro atoms. The maximum Gasteiger partial charge on any atom is 0.416 e. The van der Waals surface area contributed by atoms with Gasteiger partial charge in [0.15, 0.2) is 9.84 Å². The van der Waals surface area contributed by atoms with Crippen LogP contribution in [-0.2, 0) is 20.8 Å². The molecule has 1 amide bonds. The summed E-state index contributed by atoms with van der Waals surface area (Å²) in [6.07, 6.45) is -4.14. The fourth-order valence-corrected chi connectivity index (χ4v) is 4.77. The van der Waals surface area contributed by atoms with Crippen LogP contribution in [0.1, 0.15) is 24.9 Å². The van der Waals surface area contributed by atoms with Gasteiger partial charge in [0, 0.05) is 18.7 Å². The van der Waals surface area contributed by atoms with E-state index < -0.39 is 39.6 Å². The third kappa shape index (κ3) is 4.16. The number of rotatable bonds is 4. The number of carbonyl (C=O) groups excluding carboxylic acids is 1. The van der Waals surface area contributed by atoms with Gasteiger partial charge in [-0.25, -0.2) is 8.42 Å². The summed E-state index contributed by atoms with van der Waals surface area (Å²) in [4.78, 5) is 15.0. The Balaban J connectivity index is 1.77. The Labute approximate surface area is 159 Å². The van der Waals surface area contributed by atoms with E-state index in [-0.39, 0.29) is 22.9 Å². The minimum Gasteiger partial charge on any atom is -0.340 e. The summed E-state index contributed by atoms with van der Waals surface area (Å²) < 4.78 is 61.8. The quantitative estimate of drug-likeness (QED) is 0.749. The normalized spacial score (nSPS) is 20.1. The molecule has 0 aliphatic carbocycles. The van der Waals surface area contributed by atoms with Crippen molar-refractivity contribution in [3.05, 3.63) is 29.8 Å². The van der Waals surface area contributed by atoms with Gasteiger partial charge in [-0.2, -0.15) is 18.0 Å². The molecule has 1 aromatic heterocycles. The zero-order chi connectivity index (χ0) is 20.7. The minimum atomic E-state index is -4.50. The van der Waals surface area contributed by atoms with Gasteiger partial charge >= 0.3 is 6.18 Å². The Morgan fingerprint density at radius 1 is 1.36 bits per heavy atom. The maximum atomic E-state index is 12.9. The lowest BCUT2D eigenvalue weighted by Crippen LogP contribution is -2.41. The van der Waals surface area contributed by atoms with E-state index in [0.717, 1.165) is 16.9 Å². The minimum absolute atomic E-state index is 0.0327. The summed E-state index contributed by atoms with van der Waals surface area (Å²) in [6.45, 7) is 1.51. The predicted molar refractivity (Wildman–Crippen MR) is 92.8 cm³/mol. The Morgan fingerprint density at radius 2 is 2.07 bits per heavy atom. The number of hydrogen-bond donors (Lipinski definition) is 0. The van der Waals surface area contributed by atoms with Gasteiger partial charge in [-0.15, -0.1) is 10.2 Å².